The lowest BCUT2D eigenvalue weighted by Gasteiger charge is -2.35. The molecule has 37 heavy (non-hydrogen) atoms. The summed E-state index contributed by atoms with van der Waals surface area (Å²) in [5.74, 6) is 0.108. The Morgan fingerprint density at radius 2 is 2.00 bits per heavy atom. The van der Waals surface area contributed by atoms with Crippen LogP contribution in [0.4, 0.5) is 5.69 Å². The number of rotatable bonds is 5. The monoisotopic (exact) mass is 523 g/mol. The summed E-state index contributed by atoms with van der Waals surface area (Å²) in [7, 11) is 2.90. The van der Waals surface area contributed by atoms with Crippen LogP contribution in [-0.4, -0.2) is 48.0 Å². The number of hydrogen-bond acceptors (Lipinski definition) is 8. The highest BCUT2D eigenvalue weighted by atomic mass is 35.5. The molecule has 10 heteroatoms. The Balaban J connectivity index is 1.29. The zero-order chi connectivity index (χ0) is 25.9. The van der Waals surface area contributed by atoms with Crippen molar-refractivity contribution in [3.8, 4) is 17.2 Å². The molecule has 6 rings (SSSR count). The number of ether oxygens (including phenoxy) is 4. The van der Waals surface area contributed by atoms with Gasteiger partial charge in [-0.15, -0.1) is 0 Å². The van der Waals surface area contributed by atoms with Gasteiger partial charge in [0.25, 0.3) is 0 Å². The van der Waals surface area contributed by atoms with Crippen molar-refractivity contribution in [1.82, 2.24) is 9.97 Å². The fourth-order valence-electron chi connectivity index (χ4n) is 5.45. The van der Waals surface area contributed by atoms with Crippen LogP contribution in [0.3, 0.4) is 0 Å². The molecule has 0 radical (unpaired) electrons. The van der Waals surface area contributed by atoms with Crippen LogP contribution in [-0.2, 0) is 9.53 Å². The molecule has 192 valence electrons. The van der Waals surface area contributed by atoms with Crippen molar-refractivity contribution >= 4 is 39.9 Å². The molecule has 1 aromatic heterocycles. The van der Waals surface area contributed by atoms with Gasteiger partial charge in [-0.25, -0.2) is 4.98 Å². The first-order chi connectivity index (χ1) is 17.8. The van der Waals surface area contributed by atoms with E-state index in [2.05, 4.69) is 15.3 Å². The van der Waals surface area contributed by atoms with Gasteiger partial charge < -0.3 is 29.2 Å². The molecule has 1 fully saturated rings. The second-order valence-electron chi connectivity index (χ2n) is 9.59. The Hall–Kier alpha value is -3.56. The largest absolute Gasteiger partial charge is 0.496 e. The van der Waals surface area contributed by atoms with Gasteiger partial charge in [0.15, 0.2) is 5.75 Å². The van der Waals surface area contributed by atoms with Gasteiger partial charge in [0.05, 0.1) is 25.3 Å². The summed E-state index contributed by atoms with van der Waals surface area (Å²) in [6.45, 7) is 2.57. The van der Waals surface area contributed by atoms with E-state index in [0.717, 1.165) is 42.0 Å². The van der Waals surface area contributed by atoms with Crippen LogP contribution < -0.4 is 19.5 Å². The van der Waals surface area contributed by atoms with Gasteiger partial charge >= 0.3 is 0 Å². The molecule has 2 aromatic carbocycles. The van der Waals surface area contributed by atoms with Crippen molar-refractivity contribution in [3.63, 3.8) is 0 Å². The third kappa shape index (κ3) is 3.59. The Bertz CT molecular complexity index is 1470. The number of Topliss-reactive ketones (excluding diaryl/α,β-unsaturated/α-hetero) is 1. The number of methoxy groups -OCH3 is 2. The molecule has 3 aromatic rings. The van der Waals surface area contributed by atoms with Gasteiger partial charge in [-0.2, -0.15) is 0 Å². The summed E-state index contributed by atoms with van der Waals surface area (Å²) in [4.78, 5) is 35.2. The predicted molar refractivity (Wildman–Crippen MR) is 137 cm³/mol. The third-order valence-corrected chi connectivity index (χ3v) is 7.71. The highest BCUT2D eigenvalue weighted by Crippen LogP contribution is 2.53. The number of benzene rings is 2. The molecule has 2 N–H and O–H groups in total. The molecule has 3 aliphatic rings. The number of hydrogen-bond donors (Lipinski definition) is 2. The maximum absolute atomic E-state index is 13.7. The van der Waals surface area contributed by atoms with Gasteiger partial charge in [-0.3, -0.25) is 9.59 Å². The van der Waals surface area contributed by atoms with E-state index in [-0.39, 0.29) is 28.2 Å². The minimum absolute atomic E-state index is 0.000287. The average Bonchev–Trinajstić information content (AvgIpc) is 3.62. The summed E-state index contributed by atoms with van der Waals surface area (Å²) in [5, 5.41) is 3.46. The Labute approximate surface area is 218 Å². The molecule has 1 aliphatic carbocycles. The molecule has 0 amide bonds. The highest BCUT2D eigenvalue weighted by molar-refractivity contribution is 6.36. The van der Waals surface area contributed by atoms with Crippen LogP contribution >= 0.6 is 11.6 Å². The quantitative estimate of drug-likeness (QED) is 0.449. The summed E-state index contributed by atoms with van der Waals surface area (Å²) >= 11 is 6.46. The molecule has 0 bridgehead atoms. The van der Waals surface area contributed by atoms with Crippen molar-refractivity contribution in [3.05, 3.63) is 52.4 Å². The first-order valence-corrected chi connectivity index (χ1v) is 12.5. The van der Waals surface area contributed by atoms with E-state index in [1.165, 1.54) is 26.4 Å². The van der Waals surface area contributed by atoms with Crippen molar-refractivity contribution in [2.45, 2.75) is 37.9 Å². The number of carbonyl (C=O) groups is 2. The van der Waals surface area contributed by atoms with Gasteiger partial charge in [-0.1, -0.05) is 18.5 Å². The van der Waals surface area contributed by atoms with Gasteiger partial charge in [0.1, 0.15) is 34.0 Å². The molecule has 2 aliphatic heterocycles. The zero-order valence-electron chi connectivity index (χ0n) is 20.6. The number of anilines is 1. The lowest BCUT2D eigenvalue weighted by Crippen LogP contribution is -2.55. The van der Waals surface area contributed by atoms with Crippen LogP contribution in [0.5, 0.6) is 17.2 Å². The number of aromatic amines is 1. The molecule has 9 nitrogen and oxygen atoms in total. The Morgan fingerprint density at radius 3 is 2.70 bits per heavy atom. The van der Waals surface area contributed by atoms with Gasteiger partial charge in [0, 0.05) is 36.1 Å². The smallest absolute Gasteiger partial charge is 0.236 e. The topological polar surface area (TPSA) is 112 Å². The van der Waals surface area contributed by atoms with E-state index in [1.54, 1.807) is 0 Å². The standard InChI is InChI=1S/C27H26ClN3O6/c1-13-9-15(29-14-6-7-16-17(10-14)31-26(30-16)18-5-4-8-36-18)11-21(32)27(13)25(33)22-19(34-2)12-20(35-3)23(28)24(22)37-27/h6-7,10-13,18,29H,4-5,8-9H2,1-3H3,(H,30,31). The SMILES string of the molecule is COc1cc(OC)c2c(c1Cl)OC1(C(=O)C=C(Nc3ccc4nc(C5CCCO5)[nH]c4c3)CC1C)C2=O. The van der Waals surface area contributed by atoms with E-state index in [0.29, 0.717) is 17.9 Å². The minimum atomic E-state index is -1.71. The zero-order valence-corrected chi connectivity index (χ0v) is 21.4. The fraction of sp³-hybridized carbons (Fsp3) is 0.370. The summed E-state index contributed by atoms with van der Waals surface area (Å²) in [6, 6.07) is 7.31. The van der Waals surface area contributed by atoms with Crippen LogP contribution in [0.15, 0.2) is 36.0 Å². The number of aromatic nitrogens is 2. The molecule has 0 saturated carbocycles. The molecular formula is C27H26ClN3O6. The summed E-state index contributed by atoms with van der Waals surface area (Å²) < 4.78 is 22.5. The third-order valence-electron chi connectivity index (χ3n) is 7.35. The number of allylic oxidation sites excluding steroid dienone is 1. The van der Waals surface area contributed by atoms with Gasteiger partial charge in [-0.05, 0) is 37.5 Å². The Morgan fingerprint density at radius 1 is 1.19 bits per heavy atom. The van der Waals surface area contributed by atoms with Crippen LogP contribution in [0.2, 0.25) is 5.02 Å². The molecular weight excluding hydrogens is 498 g/mol. The summed E-state index contributed by atoms with van der Waals surface area (Å²) in [5.41, 5.74) is 1.66. The number of halogens is 1. The maximum atomic E-state index is 13.7. The normalized spacial score (nSPS) is 24.8. The fourth-order valence-corrected chi connectivity index (χ4v) is 5.72. The van der Waals surface area contributed by atoms with E-state index >= 15 is 0 Å². The van der Waals surface area contributed by atoms with Crippen LogP contribution in [0.25, 0.3) is 11.0 Å². The first kappa shape index (κ1) is 23.8. The predicted octanol–water partition coefficient (Wildman–Crippen LogP) is 5.00. The second kappa shape index (κ2) is 8.78. The van der Waals surface area contributed by atoms with Crippen molar-refractivity contribution in [1.29, 1.82) is 0 Å². The van der Waals surface area contributed by atoms with Crippen LogP contribution in [0, 0.1) is 5.92 Å². The number of nitrogens with zero attached hydrogens (tertiary/aromatic N) is 1. The number of nitrogens with one attached hydrogen (secondary N) is 2. The molecule has 3 heterocycles. The first-order valence-electron chi connectivity index (χ1n) is 12.2. The van der Waals surface area contributed by atoms with Gasteiger partial charge in [0.2, 0.25) is 17.2 Å². The second-order valence-corrected chi connectivity index (χ2v) is 9.96. The van der Waals surface area contributed by atoms with Crippen molar-refractivity contribution in [2.24, 2.45) is 5.92 Å². The van der Waals surface area contributed by atoms with E-state index in [4.69, 9.17) is 30.5 Å². The number of imidazole rings is 1. The van der Waals surface area contributed by atoms with Crippen molar-refractivity contribution in [2.75, 3.05) is 26.1 Å². The molecule has 1 spiro atoms. The lowest BCUT2D eigenvalue weighted by atomic mass is 9.74. The Kier molecular flexibility index (Phi) is 5.65. The van der Waals surface area contributed by atoms with E-state index in [1.807, 2.05) is 25.1 Å². The molecule has 1 saturated heterocycles. The maximum Gasteiger partial charge on any atom is 0.236 e. The molecule has 3 unspecified atom stereocenters. The average molecular weight is 524 g/mol. The number of carbonyl (C=O) groups excluding carboxylic acids is 2. The lowest BCUT2D eigenvalue weighted by molar-refractivity contribution is -0.129. The summed E-state index contributed by atoms with van der Waals surface area (Å²) in [6.07, 6.45) is 3.83. The number of fused-ring (bicyclic) bond motifs is 2. The van der Waals surface area contributed by atoms with Crippen molar-refractivity contribution < 1.29 is 28.5 Å². The minimum Gasteiger partial charge on any atom is -0.496 e. The number of H-pyrrole nitrogens is 1. The van der Waals surface area contributed by atoms with E-state index in [9.17, 15) is 9.59 Å². The highest BCUT2D eigenvalue weighted by Gasteiger charge is 2.60. The molecule has 3 atom stereocenters. The van der Waals surface area contributed by atoms with Crippen LogP contribution in [0.1, 0.15) is 48.5 Å². The number of ketones is 2. The van der Waals surface area contributed by atoms with E-state index < -0.39 is 23.1 Å².